The maximum atomic E-state index is 12.1. The molecular formula is C20H25N3O2S. The minimum atomic E-state index is -0.117. The number of nitrogens with one attached hydrogen (secondary N) is 2. The Bertz CT molecular complexity index is 695. The van der Waals surface area contributed by atoms with Crippen molar-refractivity contribution in [3.63, 3.8) is 0 Å². The third kappa shape index (κ3) is 5.68. The molecule has 0 saturated carbocycles. The van der Waals surface area contributed by atoms with Crippen LogP contribution in [-0.2, 0) is 11.3 Å². The van der Waals surface area contributed by atoms with Crippen LogP contribution < -0.4 is 10.6 Å². The molecule has 3 rings (SSSR count). The van der Waals surface area contributed by atoms with Gasteiger partial charge in [-0.25, -0.2) is 0 Å². The van der Waals surface area contributed by atoms with Gasteiger partial charge in [0.05, 0.1) is 0 Å². The zero-order chi connectivity index (χ0) is 18.2. The molecule has 1 aromatic heterocycles. The topological polar surface area (TPSA) is 61.4 Å². The standard InChI is InChI=1S/C20H25N3O2S/c24-19(6-10-21-20(25)17-9-13-26-15-17)22-18-7-11-23(12-8-18)14-16-4-2-1-3-5-16/h1-5,9,13,15,18H,6-8,10-12,14H2,(H,21,25)(H,22,24). The number of benzene rings is 1. The number of hydrogen-bond donors (Lipinski definition) is 2. The molecule has 1 aliphatic heterocycles. The van der Waals surface area contributed by atoms with Crippen LogP contribution in [-0.4, -0.2) is 42.4 Å². The normalized spacial score (nSPS) is 15.5. The number of carbonyl (C=O) groups excluding carboxylic acids is 2. The summed E-state index contributed by atoms with van der Waals surface area (Å²) in [6.07, 6.45) is 2.26. The number of carbonyl (C=O) groups is 2. The maximum absolute atomic E-state index is 12.1. The monoisotopic (exact) mass is 371 g/mol. The van der Waals surface area contributed by atoms with Crippen LogP contribution in [0, 0.1) is 0 Å². The Balaban J connectivity index is 1.31. The highest BCUT2D eigenvalue weighted by Gasteiger charge is 2.20. The lowest BCUT2D eigenvalue weighted by molar-refractivity contribution is -0.122. The molecule has 1 fully saturated rings. The van der Waals surface area contributed by atoms with Gasteiger partial charge in [0.15, 0.2) is 0 Å². The van der Waals surface area contributed by atoms with Crippen LogP contribution in [0.15, 0.2) is 47.2 Å². The van der Waals surface area contributed by atoms with Crippen LogP contribution >= 0.6 is 11.3 Å². The van der Waals surface area contributed by atoms with E-state index in [0.717, 1.165) is 32.5 Å². The predicted octanol–water partition coefficient (Wildman–Crippen LogP) is 2.65. The van der Waals surface area contributed by atoms with Crippen molar-refractivity contribution in [1.29, 1.82) is 0 Å². The summed E-state index contributed by atoms with van der Waals surface area (Å²) in [4.78, 5) is 26.3. The van der Waals surface area contributed by atoms with Gasteiger partial charge in [0.25, 0.3) is 5.91 Å². The summed E-state index contributed by atoms with van der Waals surface area (Å²) in [5.41, 5.74) is 1.98. The van der Waals surface area contributed by atoms with Crippen molar-refractivity contribution in [3.05, 3.63) is 58.3 Å². The molecule has 0 spiro atoms. The Hall–Kier alpha value is -2.18. The minimum absolute atomic E-state index is 0.0112. The molecule has 138 valence electrons. The highest BCUT2D eigenvalue weighted by Crippen LogP contribution is 2.14. The van der Waals surface area contributed by atoms with Gasteiger partial charge in [-0.2, -0.15) is 11.3 Å². The largest absolute Gasteiger partial charge is 0.353 e. The first-order chi connectivity index (χ1) is 12.7. The van der Waals surface area contributed by atoms with E-state index in [9.17, 15) is 9.59 Å². The third-order valence-corrected chi connectivity index (χ3v) is 5.31. The zero-order valence-corrected chi connectivity index (χ0v) is 15.6. The molecule has 0 bridgehead atoms. The Morgan fingerprint density at radius 2 is 1.88 bits per heavy atom. The van der Waals surface area contributed by atoms with Gasteiger partial charge in [0.1, 0.15) is 0 Å². The summed E-state index contributed by atoms with van der Waals surface area (Å²) in [7, 11) is 0. The van der Waals surface area contributed by atoms with E-state index >= 15 is 0 Å². The second-order valence-electron chi connectivity index (χ2n) is 6.62. The average molecular weight is 372 g/mol. The zero-order valence-electron chi connectivity index (χ0n) is 14.8. The van der Waals surface area contributed by atoms with Crippen LogP contribution in [0.1, 0.15) is 35.2 Å². The molecule has 1 saturated heterocycles. The predicted molar refractivity (Wildman–Crippen MR) is 104 cm³/mol. The fraction of sp³-hybridized carbons (Fsp3) is 0.400. The van der Waals surface area contributed by atoms with E-state index in [1.807, 2.05) is 11.4 Å². The van der Waals surface area contributed by atoms with E-state index < -0.39 is 0 Å². The van der Waals surface area contributed by atoms with Gasteiger partial charge in [0.2, 0.25) is 5.91 Å². The van der Waals surface area contributed by atoms with Crippen LogP contribution in [0.2, 0.25) is 0 Å². The number of piperidine rings is 1. The highest BCUT2D eigenvalue weighted by molar-refractivity contribution is 7.08. The van der Waals surface area contributed by atoms with Crippen molar-refractivity contribution in [2.24, 2.45) is 0 Å². The molecule has 2 amide bonds. The smallest absolute Gasteiger partial charge is 0.252 e. The van der Waals surface area contributed by atoms with Crippen molar-refractivity contribution < 1.29 is 9.59 Å². The van der Waals surface area contributed by atoms with Crippen LogP contribution in [0.5, 0.6) is 0 Å². The molecule has 0 aliphatic carbocycles. The summed E-state index contributed by atoms with van der Waals surface area (Å²) in [6, 6.07) is 12.5. The molecule has 2 N–H and O–H groups in total. The van der Waals surface area contributed by atoms with E-state index in [1.54, 1.807) is 11.4 Å². The van der Waals surface area contributed by atoms with Crippen LogP contribution in [0.3, 0.4) is 0 Å². The molecule has 0 radical (unpaired) electrons. The molecule has 5 nitrogen and oxygen atoms in total. The second kappa shape index (κ2) is 9.50. The molecule has 2 aromatic rings. The Labute approximate surface area is 158 Å². The number of amides is 2. The van der Waals surface area contributed by atoms with Crippen molar-refractivity contribution in [1.82, 2.24) is 15.5 Å². The molecule has 26 heavy (non-hydrogen) atoms. The molecule has 6 heteroatoms. The van der Waals surface area contributed by atoms with Gasteiger partial charge in [-0.15, -0.1) is 0 Å². The van der Waals surface area contributed by atoms with E-state index in [0.29, 0.717) is 18.5 Å². The summed E-state index contributed by atoms with van der Waals surface area (Å²) in [5, 5.41) is 9.55. The van der Waals surface area contributed by atoms with Crippen molar-refractivity contribution in [3.8, 4) is 0 Å². The number of thiophene rings is 1. The summed E-state index contributed by atoms with van der Waals surface area (Å²) >= 11 is 1.49. The van der Waals surface area contributed by atoms with Crippen LogP contribution in [0.4, 0.5) is 0 Å². The number of likely N-dealkylation sites (tertiary alicyclic amines) is 1. The Kier molecular flexibility index (Phi) is 6.80. The first kappa shape index (κ1) is 18.6. The van der Waals surface area contributed by atoms with E-state index in [2.05, 4.69) is 39.8 Å². The Morgan fingerprint density at radius 1 is 1.12 bits per heavy atom. The van der Waals surface area contributed by atoms with Gasteiger partial charge in [-0.05, 0) is 29.9 Å². The summed E-state index contributed by atoms with van der Waals surface area (Å²) < 4.78 is 0. The van der Waals surface area contributed by atoms with Crippen molar-refractivity contribution >= 4 is 23.2 Å². The molecule has 0 atom stereocenters. The molecule has 1 aliphatic rings. The van der Waals surface area contributed by atoms with Crippen molar-refractivity contribution in [2.45, 2.75) is 31.8 Å². The number of hydrogen-bond acceptors (Lipinski definition) is 4. The van der Waals surface area contributed by atoms with E-state index in [4.69, 9.17) is 0 Å². The lowest BCUT2D eigenvalue weighted by atomic mass is 10.0. The fourth-order valence-electron chi connectivity index (χ4n) is 3.16. The van der Waals surface area contributed by atoms with Gasteiger partial charge in [-0.1, -0.05) is 30.3 Å². The lowest BCUT2D eigenvalue weighted by Gasteiger charge is -2.32. The fourth-order valence-corrected chi connectivity index (χ4v) is 3.80. The van der Waals surface area contributed by atoms with Gasteiger partial charge >= 0.3 is 0 Å². The average Bonchev–Trinajstić information content (AvgIpc) is 3.19. The first-order valence-electron chi connectivity index (χ1n) is 9.07. The second-order valence-corrected chi connectivity index (χ2v) is 7.40. The van der Waals surface area contributed by atoms with Gasteiger partial charge < -0.3 is 10.6 Å². The maximum Gasteiger partial charge on any atom is 0.252 e. The third-order valence-electron chi connectivity index (χ3n) is 4.62. The lowest BCUT2D eigenvalue weighted by Crippen LogP contribution is -2.45. The van der Waals surface area contributed by atoms with Crippen LogP contribution in [0.25, 0.3) is 0 Å². The minimum Gasteiger partial charge on any atom is -0.353 e. The van der Waals surface area contributed by atoms with Gasteiger partial charge in [0, 0.05) is 49.6 Å². The molecule has 0 unspecified atom stereocenters. The number of rotatable bonds is 7. The molecule has 1 aromatic carbocycles. The van der Waals surface area contributed by atoms with E-state index in [1.165, 1.54) is 16.9 Å². The Morgan fingerprint density at radius 3 is 2.58 bits per heavy atom. The van der Waals surface area contributed by atoms with Gasteiger partial charge in [-0.3, -0.25) is 14.5 Å². The highest BCUT2D eigenvalue weighted by atomic mass is 32.1. The molecule has 2 heterocycles. The summed E-state index contributed by atoms with van der Waals surface area (Å²) in [5.74, 6) is -0.106. The summed E-state index contributed by atoms with van der Waals surface area (Å²) in [6.45, 7) is 3.33. The molecular weight excluding hydrogens is 346 g/mol. The van der Waals surface area contributed by atoms with Crippen molar-refractivity contribution in [2.75, 3.05) is 19.6 Å². The number of nitrogens with zero attached hydrogens (tertiary/aromatic N) is 1. The SMILES string of the molecule is O=C(CCNC(=O)c1ccsc1)NC1CCN(Cc2ccccc2)CC1. The quantitative estimate of drug-likeness (QED) is 0.787. The van der Waals surface area contributed by atoms with E-state index in [-0.39, 0.29) is 17.9 Å². The first-order valence-corrected chi connectivity index (χ1v) is 10.0.